The van der Waals surface area contributed by atoms with Crippen molar-refractivity contribution in [3.05, 3.63) is 53.6 Å². The quantitative estimate of drug-likeness (QED) is 0.425. The number of amides is 2. The number of carbonyl (C=O) groups excluding carboxylic acids is 2. The minimum Gasteiger partial charge on any atom is -0.454 e. The minimum absolute atomic E-state index is 0.0829. The van der Waals surface area contributed by atoms with Gasteiger partial charge in [-0.3, -0.25) is 9.59 Å². The summed E-state index contributed by atoms with van der Waals surface area (Å²) in [4.78, 5) is 27.9. The van der Waals surface area contributed by atoms with Gasteiger partial charge in [-0.25, -0.2) is 0 Å². The predicted molar refractivity (Wildman–Crippen MR) is 158 cm³/mol. The van der Waals surface area contributed by atoms with E-state index in [1.54, 1.807) is 18.2 Å². The number of nitrogens with one attached hydrogen (secondary N) is 1. The largest absolute Gasteiger partial charge is 0.454 e. The first-order chi connectivity index (χ1) is 19.9. The Hall–Kier alpha value is -3.14. The molecule has 222 valence electrons. The number of nitrogens with two attached hydrogens (primary N) is 1. The second-order valence-electron chi connectivity index (χ2n) is 11.8. The zero-order valence-electron chi connectivity index (χ0n) is 24.5. The van der Waals surface area contributed by atoms with Crippen LogP contribution in [0.1, 0.15) is 55.5 Å². The van der Waals surface area contributed by atoms with Gasteiger partial charge in [-0.05, 0) is 55.2 Å². The Morgan fingerprint density at radius 1 is 1.07 bits per heavy atom. The normalized spacial score (nSPS) is 23.6. The van der Waals surface area contributed by atoms with Crippen LogP contribution in [0.25, 0.3) is 0 Å². The molecule has 0 aromatic heterocycles. The Bertz CT molecular complexity index is 1210. The molecule has 3 aliphatic heterocycles. The van der Waals surface area contributed by atoms with E-state index in [0.717, 1.165) is 55.5 Å². The van der Waals surface area contributed by atoms with E-state index in [4.69, 9.17) is 19.9 Å². The predicted octanol–water partition coefficient (Wildman–Crippen LogP) is 3.81. The highest BCUT2D eigenvalue weighted by atomic mass is 16.7. The summed E-state index contributed by atoms with van der Waals surface area (Å²) in [7, 11) is 0. The van der Waals surface area contributed by atoms with E-state index in [1.807, 2.05) is 17.0 Å². The summed E-state index contributed by atoms with van der Waals surface area (Å²) in [6, 6.07) is 13.4. The van der Waals surface area contributed by atoms with Gasteiger partial charge in [-0.15, -0.1) is 0 Å². The molecule has 2 aromatic carbocycles. The molecule has 2 atom stereocenters. The Balaban J connectivity index is 1.21. The molecule has 9 nitrogen and oxygen atoms in total. The molecule has 5 rings (SSSR count). The summed E-state index contributed by atoms with van der Waals surface area (Å²) in [5.74, 6) is 1.38. The van der Waals surface area contributed by atoms with Gasteiger partial charge in [0.05, 0.1) is 44.9 Å². The number of fused-ring (bicyclic) bond motifs is 1. The van der Waals surface area contributed by atoms with Crippen LogP contribution in [0, 0.1) is 5.92 Å². The number of morpholine rings is 1. The van der Waals surface area contributed by atoms with Gasteiger partial charge in [-0.1, -0.05) is 25.5 Å². The molecule has 0 radical (unpaired) electrons. The molecule has 2 amide bonds. The molecule has 2 unspecified atom stereocenters. The maximum atomic E-state index is 13.1. The maximum absolute atomic E-state index is 13.1. The SMILES string of the molecule is CCCC[N+]1(C(C)Cc2cccc(NC(=O)c3ccc4c(c3)OCO4)c2)CCC(C(N)C(=O)N2CCOCC2)CC1. The van der Waals surface area contributed by atoms with Gasteiger partial charge in [0.1, 0.15) is 0 Å². The monoisotopic (exact) mass is 565 g/mol. The number of rotatable bonds is 10. The molecule has 3 aliphatic rings. The van der Waals surface area contributed by atoms with E-state index >= 15 is 0 Å². The molecule has 2 aromatic rings. The van der Waals surface area contributed by atoms with E-state index in [9.17, 15) is 9.59 Å². The summed E-state index contributed by atoms with van der Waals surface area (Å²) >= 11 is 0. The number of hydrogen-bond acceptors (Lipinski definition) is 6. The van der Waals surface area contributed by atoms with E-state index in [-0.39, 0.29) is 24.5 Å². The Morgan fingerprint density at radius 3 is 2.59 bits per heavy atom. The van der Waals surface area contributed by atoms with Gasteiger partial charge in [-0.2, -0.15) is 0 Å². The zero-order chi connectivity index (χ0) is 28.8. The van der Waals surface area contributed by atoms with E-state index in [0.29, 0.717) is 49.4 Å². The number of unbranched alkanes of at least 4 members (excludes halogenated alkanes) is 1. The number of benzene rings is 2. The van der Waals surface area contributed by atoms with Gasteiger partial charge in [0, 0.05) is 43.6 Å². The van der Waals surface area contributed by atoms with E-state index in [1.165, 1.54) is 12.0 Å². The highest BCUT2D eigenvalue weighted by molar-refractivity contribution is 6.04. The van der Waals surface area contributed by atoms with Crippen molar-refractivity contribution in [2.45, 2.75) is 58.0 Å². The molecule has 0 bridgehead atoms. The molecular formula is C32H45N4O5+. The van der Waals surface area contributed by atoms with Crippen LogP contribution in [-0.2, 0) is 16.0 Å². The summed E-state index contributed by atoms with van der Waals surface area (Å²) in [6.45, 7) is 10.5. The molecule has 2 saturated heterocycles. The summed E-state index contributed by atoms with van der Waals surface area (Å²) < 4.78 is 17.2. The number of ether oxygens (including phenoxy) is 3. The van der Waals surface area contributed by atoms with Crippen molar-refractivity contribution in [1.82, 2.24) is 4.90 Å². The topological polar surface area (TPSA) is 103 Å². The van der Waals surface area contributed by atoms with E-state index in [2.05, 4.69) is 31.3 Å². The second kappa shape index (κ2) is 13.2. The van der Waals surface area contributed by atoms with Crippen molar-refractivity contribution in [1.29, 1.82) is 0 Å². The molecule has 3 heterocycles. The number of likely N-dealkylation sites (tertiary alicyclic amines) is 1. The number of hydrogen-bond donors (Lipinski definition) is 2. The molecule has 41 heavy (non-hydrogen) atoms. The number of quaternary nitrogens is 1. The van der Waals surface area contributed by atoms with Crippen LogP contribution in [0.2, 0.25) is 0 Å². The second-order valence-corrected chi connectivity index (χ2v) is 11.8. The number of nitrogens with zero attached hydrogens (tertiary/aromatic N) is 2. The first-order valence-electron chi connectivity index (χ1n) is 15.2. The van der Waals surface area contributed by atoms with Gasteiger partial charge < -0.3 is 34.6 Å². The highest BCUT2D eigenvalue weighted by Gasteiger charge is 2.41. The van der Waals surface area contributed by atoms with Crippen molar-refractivity contribution >= 4 is 17.5 Å². The van der Waals surface area contributed by atoms with Crippen molar-refractivity contribution in [3.8, 4) is 11.5 Å². The molecule has 0 aliphatic carbocycles. The first-order valence-corrected chi connectivity index (χ1v) is 15.2. The molecule has 9 heteroatoms. The third-order valence-corrected chi connectivity index (χ3v) is 9.25. The Morgan fingerprint density at radius 2 is 1.83 bits per heavy atom. The van der Waals surface area contributed by atoms with Crippen LogP contribution in [0.5, 0.6) is 11.5 Å². The fourth-order valence-corrected chi connectivity index (χ4v) is 6.57. The lowest BCUT2D eigenvalue weighted by Crippen LogP contribution is -2.61. The van der Waals surface area contributed by atoms with Gasteiger partial charge in [0.15, 0.2) is 11.5 Å². The number of anilines is 1. The maximum Gasteiger partial charge on any atom is 0.255 e. The lowest BCUT2D eigenvalue weighted by Gasteiger charge is -2.49. The van der Waals surface area contributed by atoms with Gasteiger partial charge in [0.2, 0.25) is 12.7 Å². The van der Waals surface area contributed by atoms with E-state index < -0.39 is 6.04 Å². The summed E-state index contributed by atoms with van der Waals surface area (Å²) in [5.41, 5.74) is 9.07. The lowest BCUT2D eigenvalue weighted by atomic mass is 9.86. The molecule has 0 spiro atoms. The Kier molecular flexibility index (Phi) is 9.47. The fraction of sp³-hybridized carbons (Fsp3) is 0.562. The molecular weight excluding hydrogens is 520 g/mol. The number of carbonyl (C=O) groups is 2. The van der Waals surface area contributed by atoms with Crippen molar-refractivity contribution < 1.29 is 28.3 Å². The molecule has 3 N–H and O–H groups in total. The minimum atomic E-state index is -0.429. The molecule has 2 fully saturated rings. The third-order valence-electron chi connectivity index (χ3n) is 9.25. The van der Waals surface area contributed by atoms with Gasteiger partial charge in [0.25, 0.3) is 5.91 Å². The average molecular weight is 566 g/mol. The van der Waals surface area contributed by atoms with Crippen LogP contribution in [-0.4, -0.2) is 86.0 Å². The third kappa shape index (κ3) is 6.85. The average Bonchev–Trinajstić information content (AvgIpc) is 3.48. The van der Waals surface area contributed by atoms with Crippen molar-refractivity contribution in [2.75, 3.05) is 58.0 Å². The summed E-state index contributed by atoms with van der Waals surface area (Å²) in [5, 5.41) is 3.04. The van der Waals surface area contributed by atoms with Gasteiger partial charge >= 0.3 is 0 Å². The summed E-state index contributed by atoms with van der Waals surface area (Å²) in [6.07, 6.45) is 5.20. The van der Waals surface area contributed by atoms with Crippen LogP contribution in [0.4, 0.5) is 5.69 Å². The van der Waals surface area contributed by atoms with Crippen molar-refractivity contribution in [2.24, 2.45) is 11.7 Å². The lowest BCUT2D eigenvalue weighted by molar-refractivity contribution is -0.954. The van der Waals surface area contributed by atoms with Crippen molar-refractivity contribution in [3.63, 3.8) is 0 Å². The van der Waals surface area contributed by atoms with Crippen LogP contribution >= 0.6 is 0 Å². The van der Waals surface area contributed by atoms with Crippen LogP contribution in [0.15, 0.2) is 42.5 Å². The number of piperidine rings is 1. The van der Waals surface area contributed by atoms with Crippen LogP contribution in [0.3, 0.4) is 0 Å². The zero-order valence-corrected chi connectivity index (χ0v) is 24.5. The highest BCUT2D eigenvalue weighted by Crippen LogP contribution is 2.33. The standard InChI is InChI=1S/C32H44N4O5/c1-3-4-14-36(15-10-25(11-16-36)30(33)32(38)35-12-17-39-18-13-35)23(2)19-24-6-5-7-27(20-24)34-31(37)26-8-9-28-29(21-26)41-22-40-28/h5-9,20-21,23,25,30H,3-4,10-19,22,33H2,1-2H3/p+1. The Labute approximate surface area is 243 Å². The van der Waals surface area contributed by atoms with Crippen LogP contribution < -0.4 is 20.5 Å². The first kappa shape index (κ1) is 29.4. The molecule has 0 saturated carbocycles. The smallest absolute Gasteiger partial charge is 0.255 e. The fourth-order valence-electron chi connectivity index (χ4n) is 6.57.